The summed E-state index contributed by atoms with van der Waals surface area (Å²) in [5, 5.41) is 12.6. The van der Waals surface area contributed by atoms with Crippen LogP contribution in [0.4, 0.5) is 0 Å². The molecule has 4 aromatic rings. The first kappa shape index (κ1) is 15.7. The summed E-state index contributed by atoms with van der Waals surface area (Å²) in [6.07, 6.45) is 5.87. The van der Waals surface area contributed by atoms with E-state index in [0.29, 0.717) is 25.3 Å². The summed E-state index contributed by atoms with van der Waals surface area (Å²) in [6.45, 7) is 3.15. The second-order valence-electron chi connectivity index (χ2n) is 6.50. The number of carbonyl (C=O) groups excluding carboxylic acids is 1. The number of pyridine rings is 1. The first-order chi connectivity index (χ1) is 13.3. The normalized spacial score (nSPS) is 16.6. The first-order valence-electron chi connectivity index (χ1n) is 8.91. The standard InChI is InChI=1S/C18H18N8O/c1-2-24-11-21-22-17(24)18(27)25-8-6-13-15(20-10-19-13)16(25)14-9-12-5-3-4-7-26(12)23-14/h3-5,7,9-11,16H,2,6,8H2,1H3,(H,19,20). The molecule has 5 rings (SSSR count). The van der Waals surface area contributed by atoms with Crippen molar-refractivity contribution in [3.63, 3.8) is 0 Å². The van der Waals surface area contributed by atoms with Crippen molar-refractivity contribution in [3.8, 4) is 0 Å². The van der Waals surface area contributed by atoms with Crippen LogP contribution < -0.4 is 0 Å². The van der Waals surface area contributed by atoms with E-state index < -0.39 is 0 Å². The van der Waals surface area contributed by atoms with Gasteiger partial charge in [0.1, 0.15) is 12.4 Å². The molecule has 0 radical (unpaired) electrons. The van der Waals surface area contributed by atoms with Crippen LogP contribution in [0, 0.1) is 0 Å². The molecule has 0 fully saturated rings. The fraction of sp³-hybridized carbons (Fsp3) is 0.278. The van der Waals surface area contributed by atoms with Crippen molar-refractivity contribution in [3.05, 3.63) is 66.0 Å². The van der Waals surface area contributed by atoms with E-state index in [0.717, 1.165) is 22.6 Å². The molecule has 0 spiro atoms. The summed E-state index contributed by atoms with van der Waals surface area (Å²) in [4.78, 5) is 22.8. The Hall–Kier alpha value is -3.49. The zero-order chi connectivity index (χ0) is 18.4. The third-order valence-electron chi connectivity index (χ3n) is 5.00. The number of imidazole rings is 1. The number of nitrogens with one attached hydrogen (secondary N) is 1. The van der Waals surface area contributed by atoms with Gasteiger partial charge in [-0.15, -0.1) is 10.2 Å². The monoisotopic (exact) mass is 362 g/mol. The van der Waals surface area contributed by atoms with Gasteiger partial charge in [0.05, 0.1) is 23.2 Å². The van der Waals surface area contributed by atoms with Crippen molar-refractivity contribution >= 4 is 11.4 Å². The minimum absolute atomic E-state index is 0.162. The third kappa shape index (κ3) is 2.42. The van der Waals surface area contributed by atoms with Gasteiger partial charge in [-0.25, -0.2) is 9.50 Å². The van der Waals surface area contributed by atoms with E-state index in [1.165, 1.54) is 0 Å². The maximum atomic E-state index is 13.3. The third-order valence-corrected chi connectivity index (χ3v) is 5.00. The summed E-state index contributed by atoms with van der Waals surface area (Å²) in [5.74, 6) is 0.176. The van der Waals surface area contributed by atoms with Crippen LogP contribution in [-0.2, 0) is 13.0 Å². The minimum Gasteiger partial charge on any atom is -0.348 e. The molecule has 1 unspecified atom stereocenters. The van der Waals surface area contributed by atoms with E-state index in [-0.39, 0.29) is 11.9 Å². The molecule has 4 aromatic heterocycles. The average Bonchev–Trinajstić information content (AvgIpc) is 3.44. The van der Waals surface area contributed by atoms with Crippen LogP contribution in [0.25, 0.3) is 5.52 Å². The van der Waals surface area contributed by atoms with Gasteiger partial charge in [-0.1, -0.05) is 6.07 Å². The van der Waals surface area contributed by atoms with Crippen molar-refractivity contribution in [1.82, 2.24) is 39.2 Å². The fourth-order valence-electron chi connectivity index (χ4n) is 3.67. The molecule has 1 amide bonds. The molecule has 27 heavy (non-hydrogen) atoms. The van der Waals surface area contributed by atoms with Gasteiger partial charge in [0.25, 0.3) is 5.91 Å². The van der Waals surface area contributed by atoms with E-state index in [4.69, 9.17) is 5.10 Å². The SMILES string of the molecule is CCn1cnnc1C(=O)N1CCc2[nH]cnc2C1c1cc2ccccn2n1. The van der Waals surface area contributed by atoms with Crippen molar-refractivity contribution in [2.45, 2.75) is 25.9 Å². The molecule has 9 nitrogen and oxygen atoms in total. The van der Waals surface area contributed by atoms with E-state index >= 15 is 0 Å². The van der Waals surface area contributed by atoms with Crippen molar-refractivity contribution in [2.24, 2.45) is 0 Å². The minimum atomic E-state index is -0.366. The second kappa shape index (κ2) is 6.04. The Balaban J connectivity index is 1.63. The number of hydrogen-bond acceptors (Lipinski definition) is 5. The number of aryl methyl sites for hydroxylation is 1. The van der Waals surface area contributed by atoms with E-state index in [1.54, 1.807) is 22.1 Å². The molecule has 136 valence electrons. The highest BCUT2D eigenvalue weighted by Gasteiger charge is 2.37. The predicted molar refractivity (Wildman–Crippen MR) is 96.1 cm³/mol. The average molecular weight is 362 g/mol. The fourth-order valence-corrected chi connectivity index (χ4v) is 3.67. The van der Waals surface area contributed by atoms with Gasteiger partial charge in [-0.3, -0.25) is 4.79 Å². The summed E-state index contributed by atoms with van der Waals surface area (Å²) < 4.78 is 3.57. The van der Waals surface area contributed by atoms with Crippen LogP contribution in [0.15, 0.2) is 43.1 Å². The molecule has 1 aliphatic rings. The maximum absolute atomic E-state index is 13.3. The maximum Gasteiger partial charge on any atom is 0.292 e. The number of fused-ring (bicyclic) bond motifs is 2. The van der Waals surface area contributed by atoms with Crippen LogP contribution in [0.1, 0.15) is 40.7 Å². The van der Waals surface area contributed by atoms with Gasteiger partial charge in [0, 0.05) is 31.4 Å². The molecule has 1 aliphatic heterocycles. The number of hydrogen-bond donors (Lipinski definition) is 1. The van der Waals surface area contributed by atoms with Gasteiger partial charge in [0.2, 0.25) is 5.82 Å². The summed E-state index contributed by atoms with van der Waals surface area (Å²) in [6, 6.07) is 7.52. The van der Waals surface area contributed by atoms with Gasteiger partial charge in [-0.2, -0.15) is 5.10 Å². The Morgan fingerprint density at radius 1 is 1.37 bits per heavy atom. The molecule has 0 saturated heterocycles. The lowest BCUT2D eigenvalue weighted by molar-refractivity contribution is 0.0669. The van der Waals surface area contributed by atoms with Crippen molar-refractivity contribution in [2.75, 3.05) is 6.54 Å². The number of amides is 1. The predicted octanol–water partition coefficient (Wildman–Crippen LogP) is 1.46. The molecule has 0 aliphatic carbocycles. The lowest BCUT2D eigenvalue weighted by Gasteiger charge is -2.33. The van der Waals surface area contributed by atoms with Crippen LogP contribution in [-0.4, -0.2) is 51.7 Å². The summed E-state index contributed by atoms with van der Waals surface area (Å²) >= 11 is 0. The number of carbonyl (C=O) groups is 1. The van der Waals surface area contributed by atoms with Crippen LogP contribution in [0.3, 0.4) is 0 Å². The molecule has 5 heterocycles. The molecule has 1 N–H and O–H groups in total. The Bertz CT molecular complexity index is 1090. The zero-order valence-electron chi connectivity index (χ0n) is 14.8. The lowest BCUT2D eigenvalue weighted by Crippen LogP contribution is -2.42. The Morgan fingerprint density at radius 2 is 2.30 bits per heavy atom. The van der Waals surface area contributed by atoms with Crippen LogP contribution in [0.2, 0.25) is 0 Å². The van der Waals surface area contributed by atoms with E-state index in [9.17, 15) is 4.79 Å². The van der Waals surface area contributed by atoms with Crippen LogP contribution in [0.5, 0.6) is 0 Å². The molecule has 9 heteroatoms. The Morgan fingerprint density at radius 3 is 3.15 bits per heavy atom. The number of rotatable bonds is 3. The van der Waals surface area contributed by atoms with Gasteiger partial charge < -0.3 is 14.5 Å². The molecule has 0 aromatic carbocycles. The van der Waals surface area contributed by atoms with E-state index in [2.05, 4.69) is 20.2 Å². The first-order valence-corrected chi connectivity index (χ1v) is 8.91. The molecular weight excluding hydrogens is 344 g/mol. The van der Waals surface area contributed by atoms with Gasteiger partial charge in [-0.05, 0) is 25.1 Å². The smallest absolute Gasteiger partial charge is 0.292 e. The molecular formula is C18H18N8O. The number of aromatic nitrogens is 7. The van der Waals surface area contributed by atoms with Crippen LogP contribution >= 0.6 is 0 Å². The highest BCUT2D eigenvalue weighted by molar-refractivity contribution is 5.91. The highest BCUT2D eigenvalue weighted by Crippen LogP contribution is 2.34. The molecule has 0 bridgehead atoms. The number of H-pyrrole nitrogens is 1. The Kier molecular flexibility index (Phi) is 3.52. The number of nitrogens with zero attached hydrogens (tertiary/aromatic N) is 7. The number of aromatic amines is 1. The quantitative estimate of drug-likeness (QED) is 0.595. The zero-order valence-corrected chi connectivity index (χ0v) is 14.8. The second-order valence-corrected chi connectivity index (χ2v) is 6.50. The highest BCUT2D eigenvalue weighted by atomic mass is 16.2. The van der Waals surface area contributed by atoms with Gasteiger partial charge >= 0.3 is 0 Å². The van der Waals surface area contributed by atoms with Crippen molar-refractivity contribution in [1.29, 1.82) is 0 Å². The van der Waals surface area contributed by atoms with Crippen molar-refractivity contribution < 1.29 is 4.79 Å². The molecule has 0 saturated carbocycles. The topological polar surface area (TPSA) is 97.0 Å². The summed E-state index contributed by atoms with van der Waals surface area (Å²) in [5.41, 5.74) is 3.63. The summed E-state index contributed by atoms with van der Waals surface area (Å²) in [7, 11) is 0. The van der Waals surface area contributed by atoms with E-state index in [1.807, 2.05) is 41.9 Å². The Labute approximate surface area is 154 Å². The van der Waals surface area contributed by atoms with Gasteiger partial charge in [0.15, 0.2) is 0 Å². The largest absolute Gasteiger partial charge is 0.348 e. The lowest BCUT2D eigenvalue weighted by atomic mass is 9.99. The molecule has 1 atom stereocenters.